The van der Waals surface area contributed by atoms with Crippen molar-refractivity contribution in [3.63, 3.8) is 0 Å². The minimum absolute atomic E-state index is 0.174. The van der Waals surface area contributed by atoms with Gasteiger partial charge in [0.1, 0.15) is 4.05 Å². The molecule has 4 nitrogen and oxygen atoms in total. The molecule has 0 amide bonds. The number of aliphatic imine (C=N–C) groups is 1. The van der Waals surface area contributed by atoms with Gasteiger partial charge < -0.3 is 5.32 Å². The second-order valence-electron chi connectivity index (χ2n) is 3.13. The maximum atomic E-state index is 5.85. The molecule has 3 atom stereocenters. The summed E-state index contributed by atoms with van der Waals surface area (Å²) >= 11 is 2.26. The molecule has 0 aliphatic carbocycles. The third kappa shape index (κ3) is 2.38. The number of hydrazine groups is 1. The molecule has 12 heavy (non-hydrogen) atoms. The molecule has 70 valence electrons. The topological polar surface area (TPSA) is 53.7 Å². The van der Waals surface area contributed by atoms with Crippen molar-refractivity contribution in [1.82, 2.24) is 10.3 Å². The van der Waals surface area contributed by atoms with Gasteiger partial charge in [-0.25, -0.2) is 5.01 Å². The van der Waals surface area contributed by atoms with E-state index in [1.807, 2.05) is 5.01 Å². The first-order valence-corrected chi connectivity index (χ1v) is 5.24. The van der Waals surface area contributed by atoms with Crippen molar-refractivity contribution in [3.8, 4) is 0 Å². The van der Waals surface area contributed by atoms with Crippen LogP contribution in [0.4, 0.5) is 0 Å². The highest BCUT2D eigenvalue weighted by Crippen LogP contribution is 2.14. The van der Waals surface area contributed by atoms with Crippen LogP contribution in [-0.4, -0.2) is 40.9 Å². The number of hydrogen-bond acceptors (Lipinski definition) is 4. The quantitative estimate of drug-likeness (QED) is 0.246. The number of alkyl halides is 1. The van der Waals surface area contributed by atoms with Crippen molar-refractivity contribution in [2.45, 2.75) is 23.1 Å². The maximum Gasteiger partial charge on any atom is 0.118 e. The Kier molecular flexibility index (Phi) is 3.88. The molecule has 0 radical (unpaired) electrons. The van der Waals surface area contributed by atoms with Gasteiger partial charge in [-0.1, -0.05) is 22.6 Å². The van der Waals surface area contributed by atoms with Gasteiger partial charge in [-0.15, -0.1) is 0 Å². The Morgan fingerprint density at radius 3 is 3.00 bits per heavy atom. The zero-order chi connectivity index (χ0) is 9.14. The lowest BCUT2D eigenvalue weighted by molar-refractivity contribution is 0.139. The highest BCUT2D eigenvalue weighted by molar-refractivity contribution is 14.1. The molecule has 0 bridgehead atoms. The molecule has 1 heterocycles. The summed E-state index contributed by atoms with van der Waals surface area (Å²) in [4.78, 5) is 3.96. The molecule has 0 spiro atoms. The number of nitrogens with two attached hydrogens (primary N) is 1. The van der Waals surface area contributed by atoms with Crippen molar-refractivity contribution in [2.24, 2.45) is 10.8 Å². The van der Waals surface area contributed by atoms with Crippen molar-refractivity contribution in [3.05, 3.63) is 0 Å². The third-order valence-corrected chi connectivity index (χ3v) is 3.30. The van der Waals surface area contributed by atoms with Gasteiger partial charge in [0.2, 0.25) is 0 Å². The second-order valence-corrected chi connectivity index (χ2v) is 4.40. The summed E-state index contributed by atoms with van der Waals surface area (Å²) in [5, 5.41) is 5.22. The summed E-state index contributed by atoms with van der Waals surface area (Å²) in [6, 6.07) is 0.749. The molecule has 2 unspecified atom stereocenters. The van der Waals surface area contributed by atoms with Crippen LogP contribution in [0.2, 0.25) is 0 Å². The van der Waals surface area contributed by atoms with Crippen molar-refractivity contribution in [1.29, 1.82) is 0 Å². The third-order valence-electron chi connectivity index (χ3n) is 2.08. The Labute approximate surface area is 86.7 Å². The van der Waals surface area contributed by atoms with Crippen LogP contribution in [0.15, 0.2) is 4.99 Å². The van der Waals surface area contributed by atoms with E-state index in [1.165, 1.54) is 0 Å². The molecule has 0 aromatic heterocycles. The molecule has 1 aliphatic rings. The Bertz CT molecular complexity index is 163. The smallest absolute Gasteiger partial charge is 0.118 e. The first-order valence-electron chi connectivity index (χ1n) is 3.99. The van der Waals surface area contributed by atoms with Gasteiger partial charge in [0.05, 0.1) is 6.04 Å². The summed E-state index contributed by atoms with van der Waals surface area (Å²) in [6.45, 7) is 7.41. The lowest BCUT2D eigenvalue weighted by Crippen LogP contribution is -2.60. The summed E-state index contributed by atoms with van der Waals surface area (Å²) in [6.07, 6.45) is 0. The van der Waals surface area contributed by atoms with E-state index in [-0.39, 0.29) is 10.1 Å². The molecule has 0 saturated carbocycles. The highest BCUT2D eigenvalue weighted by Gasteiger charge is 2.27. The molecule has 1 rings (SSSR count). The van der Waals surface area contributed by atoms with Crippen LogP contribution in [-0.2, 0) is 0 Å². The van der Waals surface area contributed by atoms with Crippen LogP contribution in [0.3, 0.4) is 0 Å². The zero-order valence-corrected chi connectivity index (χ0v) is 9.36. The number of nitrogens with one attached hydrogen (secondary N) is 1. The molecule has 0 aromatic rings. The minimum Gasteiger partial charge on any atom is -0.311 e. The van der Waals surface area contributed by atoms with Crippen LogP contribution in [0.5, 0.6) is 0 Å². The molecule has 0 aromatic carbocycles. The van der Waals surface area contributed by atoms with Gasteiger partial charge in [0.15, 0.2) is 0 Å². The maximum absolute atomic E-state index is 5.85. The van der Waals surface area contributed by atoms with Gasteiger partial charge in [-0.05, 0) is 13.6 Å². The Balaban J connectivity index is 2.49. The van der Waals surface area contributed by atoms with E-state index in [0.717, 1.165) is 13.1 Å². The Morgan fingerprint density at radius 2 is 2.50 bits per heavy atom. The van der Waals surface area contributed by atoms with Crippen LogP contribution in [0, 0.1) is 0 Å². The average Bonchev–Trinajstić information content (AvgIpc) is 2.03. The van der Waals surface area contributed by atoms with E-state index >= 15 is 0 Å². The fraction of sp³-hybridized carbons (Fsp3) is 0.857. The normalized spacial score (nSPS) is 34.6. The van der Waals surface area contributed by atoms with Crippen LogP contribution < -0.4 is 11.2 Å². The Morgan fingerprint density at radius 1 is 1.83 bits per heavy atom. The van der Waals surface area contributed by atoms with Crippen LogP contribution in [0.1, 0.15) is 6.92 Å². The second kappa shape index (κ2) is 4.50. The van der Waals surface area contributed by atoms with Gasteiger partial charge in [0.25, 0.3) is 0 Å². The van der Waals surface area contributed by atoms with Crippen molar-refractivity contribution >= 4 is 29.3 Å². The predicted octanol–water partition coefficient (Wildman–Crippen LogP) is -0.0159. The standard InChI is InChI=1S/C7H15IN4/c1-5-4-12(9)6(3-11-5)7(8)10-2/h5-7,11H,2-4,9H2,1H3/t5-,6?,7?/m0/s1. The Hall–Kier alpha value is 0.280. The van der Waals surface area contributed by atoms with Gasteiger partial charge in [-0.3, -0.25) is 10.8 Å². The fourth-order valence-corrected chi connectivity index (χ4v) is 2.00. The van der Waals surface area contributed by atoms with E-state index in [2.05, 4.69) is 46.5 Å². The summed E-state index contributed by atoms with van der Waals surface area (Å²) in [5.74, 6) is 5.85. The summed E-state index contributed by atoms with van der Waals surface area (Å²) in [5.41, 5.74) is 0. The van der Waals surface area contributed by atoms with E-state index in [4.69, 9.17) is 5.84 Å². The minimum atomic E-state index is 0.174. The zero-order valence-electron chi connectivity index (χ0n) is 7.20. The highest BCUT2D eigenvalue weighted by atomic mass is 127. The molecule has 1 fully saturated rings. The monoisotopic (exact) mass is 282 g/mol. The SMILES string of the molecule is C=NC(I)C1CN[C@@H](C)CN1N. The first-order chi connectivity index (χ1) is 5.65. The average molecular weight is 282 g/mol. The summed E-state index contributed by atoms with van der Waals surface area (Å²) in [7, 11) is 0. The van der Waals surface area contributed by atoms with E-state index in [0.29, 0.717) is 6.04 Å². The van der Waals surface area contributed by atoms with Gasteiger partial charge >= 0.3 is 0 Å². The molecular formula is C7H15IN4. The largest absolute Gasteiger partial charge is 0.311 e. The van der Waals surface area contributed by atoms with Crippen LogP contribution >= 0.6 is 22.6 Å². The van der Waals surface area contributed by atoms with E-state index in [9.17, 15) is 0 Å². The number of halogens is 1. The van der Waals surface area contributed by atoms with E-state index < -0.39 is 0 Å². The molecule has 5 heteroatoms. The number of nitrogens with zero attached hydrogens (tertiary/aromatic N) is 2. The lowest BCUT2D eigenvalue weighted by atomic mass is 10.1. The fourth-order valence-electron chi connectivity index (χ4n) is 1.33. The first kappa shape index (κ1) is 10.4. The van der Waals surface area contributed by atoms with Crippen molar-refractivity contribution < 1.29 is 0 Å². The van der Waals surface area contributed by atoms with Gasteiger partial charge in [0, 0.05) is 19.1 Å². The van der Waals surface area contributed by atoms with Crippen molar-refractivity contribution in [2.75, 3.05) is 13.1 Å². The number of rotatable bonds is 2. The molecule has 3 N–H and O–H groups in total. The van der Waals surface area contributed by atoms with E-state index in [1.54, 1.807) is 0 Å². The molecule has 1 aliphatic heterocycles. The van der Waals surface area contributed by atoms with Gasteiger partial charge in [-0.2, -0.15) is 0 Å². The molecule has 1 saturated heterocycles. The lowest BCUT2D eigenvalue weighted by Gasteiger charge is -2.37. The molecular weight excluding hydrogens is 267 g/mol. The predicted molar refractivity (Wildman–Crippen MR) is 59.5 cm³/mol. The number of piperazine rings is 1. The van der Waals surface area contributed by atoms with Crippen LogP contribution in [0.25, 0.3) is 0 Å². The summed E-state index contributed by atoms with van der Waals surface area (Å²) < 4.78 is 0.174. The number of hydrogen-bond donors (Lipinski definition) is 2.